The van der Waals surface area contributed by atoms with Crippen LogP contribution in [0.15, 0.2) is 30.0 Å². The van der Waals surface area contributed by atoms with E-state index in [-0.39, 0.29) is 5.91 Å². The predicted molar refractivity (Wildman–Crippen MR) is 86.2 cm³/mol. The summed E-state index contributed by atoms with van der Waals surface area (Å²) in [4.78, 5) is 18.6. The normalized spacial score (nSPS) is 18.2. The van der Waals surface area contributed by atoms with E-state index in [0.29, 0.717) is 12.2 Å². The molecule has 0 atom stereocenters. The van der Waals surface area contributed by atoms with Crippen LogP contribution in [0, 0.1) is 0 Å². The van der Waals surface area contributed by atoms with E-state index in [1.165, 1.54) is 24.8 Å². The Labute approximate surface area is 131 Å². The molecule has 0 radical (unpaired) electrons. The summed E-state index contributed by atoms with van der Waals surface area (Å²) in [6.45, 7) is 3.88. The highest BCUT2D eigenvalue weighted by Gasteiger charge is 2.14. The first-order chi connectivity index (χ1) is 10.8. The molecule has 1 aromatic heterocycles. The van der Waals surface area contributed by atoms with Crippen molar-refractivity contribution in [2.24, 2.45) is 0 Å². The van der Waals surface area contributed by atoms with Gasteiger partial charge in [0.15, 0.2) is 0 Å². The number of amides is 1. The van der Waals surface area contributed by atoms with Gasteiger partial charge in [-0.1, -0.05) is 11.6 Å². The first-order valence-electron chi connectivity index (χ1n) is 8.08. The van der Waals surface area contributed by atoms with Gasteiger partial charge in [0.05, 0.1) is 13.2 Å². The number of morpholine rings is 1. The Hall–Kier alpha value is -1.88. The number of aromatic nitrogens is 1. The molecule has 0 unspecified atom stereocenters. The molecule has 1 aliphatic heterocycles. The molecule has 5 heteroatoms. The number of pyridine rings is 1. The van der Waals surface area contributed by atoms with Gasteiger partial charge in [-0.2, -0.15) is 0 Å². The minimum atomic E-state index is -0.0892. The Bertz CT molecular complexity index is 551. The number of carbonyl (C=O) groups is 1. The zero-order valence-electron chi connectivity index (χ0n) is 12.9. The lowest BCUT2D eigenvalue weighted by molar-refractivity contribution is 0.0949. The Morgan fingerprint density at radius 3 is 3.00 bits per heavy atom. The van der Waals surface area contributed by atoms with E-state index in [1.54, 1.807) is 6.20 Å². The van der Waals surface area contributed by atoms with E-state index in [1.807, 2.05) is 12.1 Å². The van der Waals surface area contributed by atoms with Crippen molar-refractivity contribution in [3.8, 4) is 0 Å². The summed E-state index contributed by atoms with van der Waals surface area (Å²) in [6, 6.07) is 3.82. The molecule has 0 spiro atoms. The van der Waals surface area contributed by atoms with Crippen molar-refractivity contribution >= 4 is 11.6 Å². The van der Waals surface area contributed by atoms with Crippen LogP contribution < -0.4 is 10.2 Å². The summed E-state index contributed by atoms with van der Waals surface area (Å²) in [5, 5.41) is 2.97. The number of carbonyl (C=O) groups excluding carboxylic acids is 1. The molecule has 1 amide bonds. The number of anilines is 1. The highest BCUT2D eigenvalue weighted by Crippen LogP contribution is 2.20. The zero-order valence-corrected chi connectivity index (χ0v) is 12.9. The van der Waals surface area contributed by atoms with Crippen molar-refractivity contribution in [2.75, 3.05) is 37.7 Å². The SMILES string of the molecule is O=C(NCCC1=CCCC1)c1cc(N2CCOCC2)ccn1. The van der Waals surface area contributed by atoms with Gasteiger partial charge in [0.25, 0.3) is 5.91 Å². The van der Waals surface area contributed by atoms with Gasteiger partial charge in [-0.15, -0.1) is 0 Å². The maximum atomic E-state index is 12.2. The molecule has 5 nitrogen and oxygen atoms in total. The molecule has 1 N–H and O–H groups in total. The largest absolute Gasteiger partial charge is 0.378 e. The lowest BCUT2D eigenvalue weighted by Crippen LogP contribution is -2.36. The molecule has 1 fully saturated rings. The third kappa shape index (κ3) is 3.85. The second kappa shape index (κ2) is 7.40. The average molecular weight is 301 g/mol. The van der Waals surface area contributed by atoms with Gasteiger partial charge in [0, 0.05) is 31.5 Å². The number of allylic oxidation sites excluding steroid dienone is 1. The first-order valence-corrected chi connectivity index (χ1v) is 8.08. The number of hydrogen-bond donors (Lipinski definition) is 1. The van der Waals surface area contributed by atoms with Crippen molar-refractivity contribution in [2.45, 2.75) is 25.7 Å². The van der Waals surface area contributed by atoms with Gasteiger partial charge in [-0.3, -0.25) is 9.78 Å². The molecular formula is C17H23N3O2. The summed E-state index contributed by atoms with van der Waals surface area (Å²) in [5.41, 5.74) is 3.00. The summed E-state index contributed by atoms with van der Waals surface area (Å²) in [6.07, 6.45) is 8.58. The molecule has 1 saturated heterocycles. The minimum absolute atomic E-state index is 0.0892. The van der Waals surface area contributed by atoms with E-state index in [2.05, 4.69) is 21.3 Å². The smallest absolute Gasteiger partial charge is 0.269 e. The number of ether oxygens (including phenoxy) is 1. The highest BCUT2D eigenvalue weighted by atomic mass is 16.5. The van der Waals surface area contributed by atoms with E-state index in [9.17, 15) is 4.79 Å². The molecular weight excluding hydrogens is 278 g/mol. The quantitative estimate of drug-likeness (QED) is 0.847. The number of nitrogens with zero attached hydrogens (tertiary/aromatic N) is 2. The van der Waals surface area contributed by atoms with Crippen LogP contribution in [-0.2, 0) is 4.74 Å². The van der Waals surface area contributed by atoms with Crippen molar-refractivity contribution in [1.29, 1.82) is 0 Å². The molecule has 22 heavy (non-hydrogen) atoms. The van der Waals surface area contributed by atoms with Crippen molar-refractivity contribution in [3.63, 3.8) is 0 Å². The van der Waals surface area contributed by atoms with Crippen LogP contribution in [0.1, 0.15) is 36.2 Å². The fraction of sp³-hybridized carbons (Fsp3) is 0.529. The maximum absolute atomic E-state index is 12.2. The lowest BCUT2D eigenvalue weighted by atomic mass is 10.1. The molecule has 0 aromatic carbocycles. The third-order valence-electron chi connectivity index (χ3n) is 4.22. The Kier molecular flexibility index (Phi) is 5.06. The van der Waals surface area contributed by atoms with Gasteiger partial charge in [-0.05, 0) is 37.8 Å². The van der Waals surface area contributed by atoms with Gasteiger partial charge in [0.2, 0.25) is 0 Å². The molecule has 2 aliphatic rings. The second-order valence-corrected chi connectivity index (χ2v) is 5.76. The van der Waals surface area contributed by atoms with E-state index in [4.69, 9.17) is 4.74 Å². The van der Waals surface area contributed by atoms with Crippen LogP contribution in [0.4, 0.5) is 5.69 Å². The maximum Gasteiger partial charge on any atom is 0.269 e. The van der Waals surface area contributed by atoms with Gasteiger partial charge >= 0.3 is 0 Å². The highest BCUT2D eigenvalue weighted by molar-refractivity contribution is 5.93. The van der Waals surface area contributed by atoms with E-state index >= 15 is 0 Å². The van der Waals surface area contributed by atoms with Crippen LogP contribution in [0.3, 0.4) is 0 Å². The fourth-order valence-corrected chi connectivity index (χ4v) is 2.95. The van der Waals surface area contributed by atoms with Crippen molar-refractivity contribution in [3.05, 3.63) is 35.7 Å². The van der Waals surface area contributed by atoms with E-state index in [0.717, 1.165) is 38.4 Å². The summed E-state index contributed by atoms with van der Waals surface area (Å²) >= 11 is 0. The minimum Gasteiger partial charge on any atom is -0.378 e. The molecule has 0 saturated carbocycles. The third-order valence-corrected chi connectivity index (χ3v) is 4.22. The second-order valence-electron chi connectivity index (χ2n) is 5.76. The molecule has 0 bridgehead atoms. The molecule has 3 rings (SSSR count). The van der Waals surface area contributed by atoms with Gasteiger partial charge in [0.1, 0.15) is 5.69 Å². The lowest BCUT2D eigenvalue weighted by Gasteiger charge is -2.28. The predicted octanol–water partition coefficient (Wildman–Crippen LogP) is 2.15. The van der Waals surface area contributed by atoms with E-state index < -0.39 is 0 Å². The summed E-state index contributed by atoms with van der Waals surface area (Å²) in [5.74, 6) is -0.0892. The first kappa shape index (κ1) is 15.0. The van der Waals surface area contributed by atoms with Crippen LogP contribution in [0.5, 0.6) is 0 Å². The Morgan fingerprint density at radius 2 is 2.23 bits per heavy atom. The average Bonchev–Trinajstić information content (AvgIpc) is 3.09. The van der Waals surface area contributed by atoms with Crippen molar-refractivity contribution < 1.29 is 9.53 Å². The number of rotatable bonds is 5. The number of nitrogens with one attached hydrogen (secondary N) is 1. The standard InChI is InChI=1S/C17H23N3O2/c21-17(19-7-5-14-3-1-2-4-14)16-13-15(6-8-18-16)20-9-11-22-12-10-20/h3,6,8,13H,1-2,4-5,7,9-12H2,(H,19,21). The van der Waals surface area contributed by atoms with Crippen molar-refractivity contribution in [1.82, 2.24) is 10.3 Å². The molecule has 1 aliphatic carbocycles. The zero-order chi connectivity index (χ0) is 15.2. The Morgan fingerprint density at radius 1 is 1.36 bits per heavy atom. The van der Waals surface area contributed by atoms with Crippen LogP contribution in [-0.4, -0.2) is 43.7 Å². The molecule has 2 heterocycles. The monoisotopic (exact) mass is 301 g/mol. The van der Waals surface area contributed by atoms with Gasteiger partial charge in [-0.25, -0.2) is 0 Å². The van der Waals surface area contributed by atoms with Crippen LogP contribution in [0.25, 0.3) is 0 Å². The van der Waals surface area contributed by atoms with Crippen LogP contribution >= 0.6 is 0 Å². The topological polar surface area (TPSA) is 54.5 Å². The van der Waals surface area contributed by atoms with Gasteiger partial charge < -0.3 is 15.0 Å². The Balaban J connectivity index is 1.55. The van der Waals surface area contributed by atoms with Crippen LogP contribution in [0.2, 0.25) is 0 Å². The summed E-state index contributed by atoms with van der Waals surface area (Å²) in [7, 11) is 0. The molecule has 118 valence electrons. The fourth-order valence-electron chi connectivity index (χ4n) is 2.95. The summed E-state index contributed by atoms with van der Waals surface area (Å²) < 4.78 is 5.36. The molecule has 1 aromatic rings. The number of hydrogen-bond acceptors (Lipinski definition) is 4.